The summed E-state index contributed by atoms with van der Waals surface area (Å²) in [5, 5.41) is 2.88. The molecule has 2 unspecified atom stereocenters. The van der Waals surface area contributed by atoms with Gasteiger partial charge in [-0.1, -0.05) is 0 Å². The van der Waals surface area contributed by atoms with Crippen LogP contribution in [0, 0.1) is 0 Å². The third-order valence-electron chi connectivity index (χ3n) is 3.24. The van der Waals surface area contributed by atoms with E-state index in [0.717, 1.165) is 12.8 Å². The van der Waals surface area contributed by atoms with Gasteiger partial charge in [0, 0.05) is 13.2 Å². The van der Waals surface area contributed by atoms with Crippen molar-refractivity contribution in [2.24, 2.45) is 0 Å². The van der Waals surface area contributed by atoms with Crippen molar-refractivity contribution in [2.75, 3.05) is 26.9 Å². The Kier molecular flexibility index (Phi) is 3.83. The van der Waals surface area contributed by atoms with Gasteiger partial charge in [-0.2, -0.15) is 0 Å². The number of carbonyl (C=O) groups excluding carboxylic acids is 2. The van der Waals surface area contributed by atoms with Gasteiger partial charge >= 0.3 is 12.0 Å². The zero-order valence-corrected chi connectivity index (χ0v) is 9.98. The molecular weight excluding hydrogens is 224 g/mol. The second-order valence-corrected chi connectivity index (χ2v) is 4.38. The summed E-state index contributed by atoms with van der Waals surface area (Å²) in [5.74, 6) is -0.333. The van der Waals surface area contributed by atoms with E-state index in [1.165, 1.54) is 7.11 Å². The monoisotopic (exact) mass is 242 g/mol. The Morgan fingerprint density at radius 2 is 2.24 bits per heavy atom. The molecule has 6 nitrogen and oxygen atoms in total. The first-order valence-corrected chi connectivity index (χ1v) is 5.95. The van der Waals surface area contributed by atoms with Crippen LogP contribution in [-0.4, -0.2) is 55.9 Å². The van der Waals surface area contributed by atoms with Crippen LogP contribution in [0.4, 0.5) is 4.79 Å². The molecule has 0 bridgehead atoms. The molecule has 0 spiro atoms. The lowest BCUT2D eigenvalue weighted by Gasteiger charge is -2.24. The number of ether oxygens (including phenoxy) is 2. The van der Waals surface area contributed by atoms with Crippen molar-refractivity contribution in [1.82, 2.24) is 10.2 Å². The van der Waals surface area contributed by atoms with Crippen LogP contribution >= 0.6 is 0 Å². The fourth-order valence-corrected chi connectivity index (χ4v) is 2.30. The van der Waals surface area contributed by atoms with Crippen molar-refractivity contribution in [3.63, 3.8) is 0 Å². The largest absolute Gasteiger partial charge is 0.467 e. The average molecular weight is 242 g/mol. The molecule has 2 saturated heterocycles. The topological polar surface area (TPSA) is 67.9 Å². The minimum atomic E-state index is -0.428. The summed E-state index contributed by atoms with van der Waals surface area (Å²) < 4.78 is 9.89. The highest BCUT2D eigenvalue weighted by molar-refractivity contribution is 5.84. The highest BCUT2D eigenvalue weighted by atomic mass is 16.5. The van der Waals surface area contributed by atoms with Gasteiger partial charge in [-0.05, 0) is 19.3 Å². The second kappa shape index (κ2) is 5.35. The fourth-order valence-electron chi connectivity index (χ4n) is 2.30. The molecule has 96 valence electrons. The summed E-state index contributed by atoms with van der Waals surface area (Å²) in [6.07, 6.45) is 2.36. The van der Waals surface area contributed by atoms with Crippen LogP contribution in [-0.2, 0) is 14.3 Å². The lowest BCUT2D eigenvalue weighted by Crippen LogP contribution is -2.49. The Morgan fingerprint density at radius 3 is 2.88 bits per heavy atom. The summed E-state index contributed by atoms with van der Waals surface area (Å²) >= 11 is 0. The van der Waals surface area contributed by atoms with Gasteiger partial charge in [0.25, 0.3) is 0 Å². The predicted molar refractivity (Wildman–Crippen MR) is 59.5 cm³/mol. The standard InChI is InChI=1S/C11H18N2O4/c1-16-10(14)9-3-2-5-13(9)11(15)12-8-4-6-17-7-8/h8-9H,2-7H2,1H3,(H,12,15). The molecule has 6 heteroatoms. The van der Waals surface area contributed by atoms with Gasteiger partial charge in [0.05, 0.1) is 19.8 Å². The van der Waals surface area contributed by atoms with Crippen molar-refractivity contribution in [3.8, 4) is 0 Å². The van der Waals surface area contributed by atoms with Crippen LogP contribution in [0.3, 0.4) is 0 Å². The Labute approximate surface area is 100 Å². The molecule has 2 fully saturated rings. The van der Waals surface area contributed by atoms with E-state index >= 15 is 0 Å². The Hall–Kier alpha value is -1.30. The molecule has 0 saturated carbocycles. The molecule has 2 atom stereocenters. The number of carbonyl (C=O) groups is 2. The van der Waals surface area contributed by atoms with E-state index in [4.69, 9.17) is 9.47 Å². The van der Waals surface area contributed by atoms with Crippen molar-refractivity contribution >= 4 is 12.0 Å². The summed E-state index contributed by atoms with van der Waals surface area (Å²) in [5.41, 5.74) is 0. The Morgan fingerprint density at radius 1 is 1.41 bits per heavy atom. The lowest BCUT2D eigenvalue weighted by atomic mass is 10.2. The van der Waals surface area contributed by atoms with Crippen molar-refractivity contribution < 1.29 is 19.1 Å². The third kappa shape index (κ3) is 2.69. The van der Waals surface area contributed by atoms with E-state index in [1.54, 1.807) is 4.90 Å². The summed E-state index contributed by atoms with van der Waals surface area (Å²) in [4.78, 5) is 25.0. The van der Waals surface area contributed by atoms with Crippen molar-refractivity contribution in [2.45, 2.75) is 31.3 Å². The maximum atomic E-state index is 12.0. The van der Waals surface area contributed by atoms with Gasteiger partial charge in [-0.15, -0.1) is 0 Å². The first-order valence-electron chi connectivity index (χ1n) is 5.95. The van der Waals surface area contributed by atoms with Crippen LogP contribution in [0.5, 0.6) is 0 Å². The van der Waals surface area contributed by atoms with Crippen LogP contribution in [0.15, 0.2) is 0 Å². The molecule has 0 aromatic heterocycles. The molecule has 0 aromatic carbocycles. The van der Waals surface area contributed by atoms with Gasteiger partial charge in [0.15, 0.2) is 0 Å². The number of rotatable bonds is 2. The molecular formula is C11H18N2O4. The number of esters is 1. The molecule has 2 aliphatic rings. The minimum absolute atomic E-state index is 0.0707. The fraction of sp³-hybridized carbons (Fsp3) is 0.818. The van der Waals surface area contributed by atoms with Gasteiger partial charge in [0.1, 0.15) is 6.04 Å². The first kappa shape index (κ1) is 12.2. The number of nitrogens with zero attached hydrogens (tertiary/aromatic N) is 1. The van der Waals surface area contributed by atoms with E-state index < -0.39 is 6.04 Å². The predicted octanol–water partition coefficient (Wildman–Crippen LogP) is 0.122. The molecule has 1 N–H and O–H groups in total. The average Bonchev–Trinajstić information content (AvgIpc) is 2.97. The molecule has 0 radical (unpaired) electrons. The third-order valence-corrected chi connectivity index (χ3v) is 3.24. The van der Waals surface area contributed by atoms with Crippen LogP contribution < -0.4 is 5.32 Å². The summed E-state index contributed by atoms with van der Waals surface area (Å²) in [6, 6.07) is -0.544. The van der Waals surface area contributed by atoms with E-state index in [1.807, 2.05) is 0 Å². The molecule has 17 heavy (non-hydrogen) atoms. The zero-order chi connectivity index (χ0) is 12.3. The summed E-state index contributed by atoms with van der Waals surface area (Å²) in [6.45, 7) is 1.85. The molecule has 2 heterocycles. The number of amides is 2. The van der Waals surface area contributed by atoms with Gasteiger partial charge in [-0.25, -0.2) is 9.59 Å². The number of hydrogen-bond donors (Lipinski definition) is 1. The van der Waals surface area contributed by atoms with Crippen LogP contribution in [0.1, 0.15) is 19.3 Å². The molecule has 2 amide bonds. The number of hydrogen-bond acceptors (Lipinski definition) is 4. The van der Waals surface area contributed by atoms with Crippen molar-refractivity contribution in [1.29, 1.82) is 0 Å². The Balaban J connectivity index is 1.90. The number of likely N-dealkylation sites (tertiary alicyclic amines) is 1. The number of nitrogens with one attached hydrogen (secondary N) is 1. The van der Waals surface area contributed by atoms with Crippen LogP contribution in [0.25, 0.3) is 0 Å². The normalized spacial score (nSPS) is 28.2. The van der Waals surface area contributed by atoms with E-state index in [9.17, 15) is 9.59 Å². The zero-order valence-electron chi connectivity index (χ0n) is 9.98. The van der Waals surface area contributed by atoms with Gasteiger partial charge < -0.3 is 19.7 Å². The smallest absolute Gasteiger partial charge is 0.328 e. The highest BCUT2D eigenvalue weighted by Crippen LogP contribution is 2.18. The van der Waals surface area contributed by atoms with E-state index in [2.05, 4.69) is 5.32 Å². The van der Waals surface area contributed by atoms with Gasteiger partial charge in [0.2, 0.25) is 0 Å². The van der Waals surface area contributed by atoms with Crippen LogP contribution in [0.2, 0.25) is 0 Å². The highest BCUT2D eigenvalue weighted by Gasteiger charge is 2.35. The first-order chi connectivity index (χ1) is 8.22. The van der Waals surface area contributed by atoms with Crippen molar-refractivity contribution in [3.05, 3.63) is 0 Å². The molecule has 2 rings (SSSR count). The lowest BCUT2D eigenvalue weighted by molar-refractivity contribution is -0.144. The second-order valence-electron chi connectivity index (χ2n) is 4.38. The van der Waals surface area contributed by atoms with E-state index in [0.29, 0.717) is 26.2 Å². The maximum Gasteiger partial charge on any atom is 0.328 e. The number of methoxy groups -OCH3 is 1. The van der Waals surface area contributed by atoms with E-state index in [-0.39, 0.29) is 18.0 Å². The van der Waals surface area contributed by atoms with Gasteiger partial charge in [-0.3, -0.25) is 0 Å². The quantitative estimate of drug-likeness (QED) is 0.698. The molecule has 0 aliphatic carbocycles. The number of urea groups is 1. The Bertz CT molecular complexity index is 302. The maximum absolute atomic E-state index is 12.0. The SMILES string of the molecule is COC(=O)C1CCCN1C(=O)NC1CCOC1. The minimum Gasteiger partial charge on any atom is -0.467 e. The molecule has 0 aromatic rings. The molecule has 2 aliphatic heterocycles. The summed E-state index contributed by atoms with van der Waals surface area (Å²) in [7, 11) is 1.35.